The summed E-state index contributed by atoms with van der Waals surface area (Å²) in [7, 11) is 0. The first kappa shape index (κ1) is 9.69. The van der Waals surface area contributed by atoms with Gasteiger partial charge in [-0.15, -0.1) is 0 Å². The SMILES string of the molecule is CC(C)(ON)C1CCc2ccccc21. The molecule has 1 atom stereocenters. The second-order valence-electron chi connectivity index (χ2n) is 4.51. The van der Waals surface area contributed by atoms with E-state index in [2.05, 4.69) is 38.1 Å². The standard InChI is InChI=1S/C12H17NO/c1-12(2,14-13)11-8-7-9-5-3-4-6-10(9)11/h3-6,11H,7-8,13H2,1-2H3. The molecular formula is C12H17NO. The van der Waals surface area contributed by atoms with Crippen LogP contribution >= 0.6 is 0 Å². The number of nitrogens with two attached hydrogens (primary N) is 1. The van der Waals surface area contributed by atoms with E-state index in [4.69, 9.17) is 10.7 Å². The Morgan fingerprint density at radius 2 is 2.07 bits per heavy atom. The second kappa shape index (κ2) is 3.37. The summed E-state index contributed by atoms with van der Waals surface area (Å²) >= 11 is 0. The molecule has 0 radical (unpaired) electrons. The second-order valence-corrected chi connectivity index (χ2v) is 4.51. The van der Waals surface area contributed by atoms with E-state index >= 15 is 0 Å². The Balaban J connectivity index is 2.35. The van der Waals surface area contributed by atoms with Gasteiger partial charge in [0.25, 0.3) is 0 Å². The Kier molecular flexibility index (Phi) is 2.33. The van der Waals surface area contributed by atoms with E-state index in [1.807, 2.05) is 0 Å². The lowest BCUT2D eigenvalue weighted by molar-refractivity contribution is -0.0395. The van der Waals surface area contributed by atoms with Crippen LogP contribution in [0.25, 0.3) is 0 Å². The van der Waals surface area contributed by atoms with E-state index in [0.717, 1.165) is 12.8 Å². The number of hydrogen-bond donors (Lipinski definition) is 1. The Morgan fingerprint density at radius 3 is 2.79 bits per heavy atom. The molecule has 0 heterocycles. The van der Waals surface area contributed by atoms with Gasteiger partial charge >= 0.3 is 0 Å². The van der Waals surface area contributed by atoms with Gasteiger partial charge in [-0.05, 0) is 37.8 Å². The Hall–Kier alpha value is -0.860. The van der Waals surface area contributed by atoms with Crippen molar-refractivity contribution in [2.24, 2.45) is 5.90 Å². The van der Waals surface area contributed by atoms with Crippen molar-refractivity contribution in [3.8, 4) is 0 Å². The minimum atomic E-state index is -0.257. The average Bonchev–Trinajstić information content (AvgIpc) is 2.61. The Morgan fingerprint density at radius 1 is 1.36 bits per heavy atom. The molecule has 2 nitrogen and oxygen atoms in total. The van der Waals surface area contributed by atoms with Gasteiger partial charge < -0.3 is 0 Å². The summed E-state index contributed by atoms with van der Waals surface area (Å²) in [6.45, 7) is 4.11. The van der Waals surface area contributed by atoms with E-state index < -0.39 is 0 Å². The van der Waals surface area contributed by atoms with Gasteiger partial charge in [0.2, 0.25) is 0 Å². The topological polar surface area (TPSA) is 35.2 Å². The maximum Gasteiger partial charge on any atom is 0.0906 e. The molecule has 14 heavy (non-hydrogen) atoms. The molecule has 0 amide bonds. The van der Waals surface area contributed by atoms with E-state index in [0.29, 0.717) is 5.92 Å². The molecule has 1 unspecified atom stereocenters. The molecule has 0 saturated carbocycles. The van der Waals surface area contributed by atoms with Crippen molar-refractivity contribution in [2.75, 3.05) is 0 Å². The lowest BCUT2D eigenvalue weighted by atomic mass is 9.86. The smallest absolute Gasteiger partial charge is 0.0906 e. The van der Waals surface area contributed by atoms with Gasteiger partial charge in [-0.2, -0.15) is 0 Å². The predicted molar refractivity (Wildman–Crippen MR) is 56.9 cm³/mol. The largest absolute Gasteiger partial charge is 0.298 e. The third-order valence-electron chi connectivity index (χ3n) is 3.28. The predicted octanol–water partition coefficient (Wildman–Crippen LogP) is 2.39. The number of benzene rings is 1. The molecule has 0 aliphatic heterocycles. The summed E-state index contributed by atoms with van der Waals surface area (Å²) < 4.78 is 0. The molecule has 76 valence electrons. The van der Waals surface area contributed by atoms with Crippen molar-refractivity contribution in [1.29, 1.82) is 0 Å². The van der Waals surface area contributed by atoms with Crippen molar-refractivity contribution in [3.63, 3.8) is 0 Å². The van der Waals surface area contributed by atoms with Gasteiger partial charge in [0.1, 0.15) is 0 Å². The van der Waals surface area contributed by atoms with Crippen LogP contribution in [0.15, 0.2) is 24.3 Å². The molecule has 2 rings (SSSR count). The lowest BCUT2D eigenvalue weighted by Gasteiger charge is -2.29. The summed E-state index contributed by atoms with van der Waals surface area (Å²) in [4.78, 5) is 5.08. The summed E-state index contributed by atoms with van der Waals surface area (Å²) in [5, 5.41) is 0. The zero-order chi connectivity index (χ0) is 10.2. The van der Waals surface area contributed by atoms with Crippen LogP contribution in [0, 0.1) is 0 Å². The molecule has 0 fully saturated rings. The van der Waals surface area contributed by atoms with Crippen LogP contribution in [0.1, 0.15) is 37.3 Å². The zero-order valence-corrected chi connectivity index (χ0v) is 8.79. The summed E-state index contributed by atoms with van der Waals surface area (Å²) in [5.41, 5.74) is 2.60. The minimum Gasteiger partial charge on any atom is -0.298 e. The number of hydrogen-bond acceptors (Lipinski definition) is 2. The van der Waals surface area contributed by atoms with E-state index in [9.17, 15) is 0 Å². The van der Waals surface area contributed by atoms with E-state index in [-0.39, 0.29) is 5.60 Å². The highest BCUT2D eigenvalue weighted by Gasteiger charge is 2.35. The fourth-order valence-corrected chi connectivity index (χ4v) is 2.36. The summed E-state index contributed by atoms with van der Waals surface area (Å²) in [5.74, 6) is 5.78. The van der Waals surface area contributed by atoms with Crippen LogP contribution in [0.4, 0.5) is 0 Å². The molecule has 1 aliphatic carbocycles. The summed E-state index contributed by atoms with van der Waals surface area (Å²) in [6.07, 6.45) is 2.29. The van der Waals surface area contributed by atoms with Crippen molar-refractivity contribution in [2.45, 2.75) is 38.2 Å². The molecule has 0 spiro atoms. The van der Waals surface area contributed by atoms with Gasteiger partial charge in [-0.1, -0.05) is 24.3 Å². The Labute approximate surface area is 85.0 Å². The number of fused-ring (bicyclic) bond motifs is 1. The minimum absolute atomic E-state index is 0.257. The molecule has 0 aromatic heterocycles. The highest BCUT2D eigenvalue weighted by Crippen LogP contribution is 2.41. The Bertz CT molecular complexity index is 333. The normalized spacial score (nSPS) is 20.9. The van der Waals surface area contributed by atoms with Gasteiger partial charge in [-0.25, -0.2) is 5.90 Å². The zero-order valence-electron chi connectivity index (χ0n) is 8.79. The molecule has 0 saturated heterocycles. The van der Waals surface area contributed by atoms with E-state index in [1.165, 1.54) is 11.1 Å². The first-order chi connectivity index (χ1) is 6.65. The molecule has 2 heteroatoms. The van der Waals surface area contributed by atoms with Gasteiger partial charge in [0.15, 0.2) is 0 Å². The lowest BCUT2D eigenvalue weighted by Crippen LogP contribution is -2.34. The van der Waals surface area contributed by atoms with Crippen LogP contribution in [0.5, 0.6) is 0 Å². The van der Waals surface area contributed by atoms with Crippen LogP contribution in [0.3, 0.4) is 0 Å². The number of aryl methyl sites for hydroxylation is 1. The maximum absolute atomic E-state index is 5.34. The summed E-state index contributed by atoms with van der Waals surface area (Å²) in [6, 6.07) is 8.57. The first-order valence-electron chi connectivity index (χ1n) is 5.11. The highest BCUT2D eigenvalue weighted by molar-refractivity contribution is 5.36. The third-order valence-corrected chi connectivity index (χ3v) is 3.28. The fourth-order valence-electron chi connectivity index (χ4n) is 2.36. The van der Waals surface area contributed by atoms with Crippen molar-refractivity contribution < 1.29 is 4.84 Å². The molecular weight excluding hydrogens is 174 g/mol. The molecule has 1 aromatic carbocycles. The number of rotatable bonds is 2. The van der Waals surface area contributed by atoms with Gasteiger partial charge in [-0.3, -0.25) is 4.84 Å². The van der Waals surface area contributed by atoms with E-state index in [1.54, 1.807) is 0 Å². The molecule has 0 bridgehead atoms. The van der Waals surface area contributed by atoms with Gasteiger partial charge in [0.05, 0.1) is 5.60 Å². The van der Waals surface area contributed by atoms with Crippen LogP contribution < -0.4 is 5.90 Å². The quantitative estimate of drug-likeness (QED) is 0.728. The molecule has 2 N–H and O–H groups in total. The fraction of sp³-hybridized carbons (Fsp3) is 0.500. The van der Waals surface area contributed by atoms with Crippen LogP contribution in [-0.2, 0) is 11.3 Å². The average molecular weight is 191 g/mol. The van der Waals surface area contributed by atoms with Crippen molar-refractivity contribution in [3.05, 3.63) is 35.4 Å². The molecule has 1 aliphatic rings. The van der Waals surface area contributed by atoms with Crippen LogP contribution in [0.2, 0.25) is 0 Å². The highest BCUT2D eigenvalue weighted by atomic mass is 16.6. The monoisotopic (exact) mass is 191 g/mol. The van der Waals surface area contributed by atoms with Gasteiger partial charge in [0, 0.05) is 5.92 Å². The molecule has 1 aromatic rings. The third kappa shape index (κ3) is 1.45. The van der Waals surface area contributed by atoms with Crippen molar-refractivity contribution in [1.82, 2.24) is 0 Å². The maximum atomic E-state index is 5.34. The van der Waals surface area contributed by atoms with Crippen molar-refractivity contribution >= 4 is 0 Å². The van der Waals surface area contributed by atoms with Crippen LogP contribution in [-0.4, -0.2) is 5.60 Å². The first-order valence-corrected chi connectivity index (χ1v) is 5.11.